The number of carboxylic acids is 1. The number of aliphatic carboxylic acids is 1. The van der Waals surface area contributed by atoms with Gasteiger partial charge in [-0.1, -0.05) is 53.5 Å². The molecule has 1 aromatic rings. The van der Waals surface area contributed by atoms with E-state index in [1.807, 2.05) is 0 Å². The molecular weight excluding hydrogens is 253 g/mol. The Bertz CT molecular complexity index is 406. The minimum Gasteiger partial charge on any atom is -0.479 e. The maximum atomic E-state index is 11.2. The summed E-state index contributed by atoms with van der Waals surface area (Å²) >= 11 is 11.3. The van der Waals surface area contributed by atoms with Crippen molar-refractivity contribution in [2.24, 2.45) is 5.73 Å². The van der Waals surface area contributed by atoms with Crippen LogP contribution < -0.4 is 5.73 Å². The molecule has 1 amide bonds. The zero-order chi connectivity index (χ0) is 12.3. The number of hydrogen-bond acceptors (Lipinski definition) is 2. The molecule has 0 aromatic heterocycles. The summed E-state index contributed by atoms with van der Waals surface area (Å²) in [6, 6.07) is 8.07. The van der Waals surface area contributed by atoms with Crippen molar-refractivity contribution in [2.75, 3.05) is 0 Å². The highest BCUT2D eigenvalue weighted by molar-refractivity contribution is 6.59. The SMILES string of the molecule is NC(=O)C(c1ccccc1)C(Cl)(Cl)C(=O)O. The lowest BCUT2D eigenvalue weighted by atomic mass is 9.94. The Morgan fingerprint density at radius 2 is 1.75 bits per heavy atom. The number of carboxylic acid groups (broad SMARTS) is 1. The summed E-state index contributed by atoms with van der Waals surface area (Å²) < 4.78 is -2.27. The summed E-state index contributed by atoms with van der Waals surface area (Å²) in [5.74, 6) is -3.70. The Morgan fingerprint density at radius 3 is 2.12 bits per heavy atom. The van der Waals surface area contributed by atoms with Crippen LogP contribution in [-0.2, 0) is 9.59 Å². The smallest absolute Gasteiger partial charge is 0.341 e. The highest BCUT2D eigenvalue weighted by atomic mass is 35.5. The van der Waals surface area contributed by atoms with E-state index in [1.54, 1.807) is 18.2 Å². The Balaban J connectivity index is 3.21. The van der Waals surface area contributed by atoms with Gasteiger partial charge in [-0.25, -0.2) is 4.79 Å². The van der Waals surface area contributed by atoms with Crippen LogP contribution in [0.25, 0.3) is 0 Å². The number of primary amides is 1. The normalized spacial score (nSPS) is 13.1. The van der Waals surface area contributed by atoms with Gasteiger partial charge in [-0.2, -0.15) is 0 Å². The fourth-order valence-electron chi connectivity index (χ4n) is 1.32. The molecule has 1 aromatic carbocycles. The second kappa shape index (κ2) is 4.72. The van der Waals surface area contributed by atoms with E-state index in [0.29, 0.717) is 5.56 Å². The molecule has 86 valence electrons. The van der Waals surface area contributed by atoms with Gasteiger partial charge in [-0.05, 0) is 5.56 Å². The molecule has 0 heterocycles. The first-order chi connectivity index (χ1) is 7.37. The maximum absolute atomic E-state index is 11.2. The fourth-order valence-corrected chi connectivity index (χ4v) is 1.79. The first-order valence-electron chi connectivity index (χ1n) is 4.33. The van der Waals surface area contributed by atoms with E-state index in [9.17, 15) is 9.59 Å². The van der Waals surface area contributed by atoms with Crippen LogP contribution in [-0.4, -0.2) is 21.3 Å². The van der Waals surface area contributed by atoms with Crippen molar-refractivity contribution < 1.29 is 14.7 Å². The minimum absolute atomic E-state index is 0.363. The second-order valence-corrected chi connectivity index (χ2v) is 4.56. The number of amides is 1. The second-order valence-electron chi connectivity index (χ2n) is 3.17. The van der Waals surface area contributed by atoms with Gasteiger partial charge in [0.1, 0.15) is 5.92 Å². The molecule has 6 heteroatoms. The first kappa shape index (κ1) is 12.8. The van der Waals surface area contributed by atoms with Gasteiger partial charge in [0.25, 0.3) is 0 Å². The number of alkyl halides is 2. The largest absolute Gasteiger partial charge is 0.479 e. The third kappa shape index (κ3) is 2.46. The topological polar surface area (TPSA) is 80.4 Å². The lowest BCUT2D eigenvalue weighted by Gasteiger charge is -2.23. The van der Waals surface area contributed by atoms with Crippen molar-refractivity contribution in [3.63, 3.8) is 0 Å². The van der Waals surface area contributed by atoms with Gasteiger partial charge in [0.15, 0.2) is 0 Å². The molecule has 0 aliphatic heterocycles. The van der Waals surface area contributed by atoms with Gasteiger partial charge in [0.05, 0.1) is 0 Å². The molecule has 0 aliphatic carbocycles. The van der Waals surface area contributed by atoms with E-state index in [2.05, 4.69) is 0 Å². The van der Waals surface area contributed by atoms with E-state index in [0.717, 1.165) is 0 Å². The summed E-state index contributed by atoms with van der Waals surface area (Å²) in [5.41, 5.74) is 5.48. The molecule has 4 nitrogen and oxygen atoms in total. The van der Waals surface area contributed by atoms with Gasteiger partial charge >= 0.3 is 5.97 Å². The number of halogens is 2. The highest BCUT2D eigenvalue weighted by Crippen LogP contribution is 2.38. The van der Waals surface area contributed by atoms with Gasteiger partial charge in [-0.3, -0.25) is 4.79 Å². The third-order valence-electron chi connectivity index (χ3n) is 2.07. The summed E-state index contributed by atoms with van der Waals surface area (Å²) in [6.45, 7) is 0. The molecule has 0 saturated carbocycles. The average molecular weight is 262 g/mol. The van der Waals surface area contributed by atoms with Crippen molar-refractivity contribution in [1.29, 1.82) is 0 Å². The summed E-state index contributed by atoms with van der Waals surface area (Å²) in [6.07, 6.45) is 0. The monoisotopic (exact) mass is 261 g/mol. The van der Waals surface area contributed by atoms with Crippen LogP contribution in [0.4, 0.5) is 0 Å². The zero-order valence-electron chi connectivity index (χ0n) is 8.06. The Kier molecular flexibility index (Phi) is 3.78. The molecule has 0 aliphatic rings. The minimum atomic E-state index is -2.27. The van der Waals surface area contributed by atoms with E-state index < -0.39 is 22.1 Å². The lowest BCUT2D eigenvalue weighted by Crippen LogP contribution is -2.40. The highest BCUT2D eigenvalue weighted by Gasteiger charge is 2.46. The molecule has 1 atom stereocenters. The molecular formula is C10H9Cl2NO3. The van der Waals surface area contributed by atoms with Gasteiger partial charge in [0, 0.05) is 0 Å². The molecule has 16 heavy (non-hydrogen) atoms. The molecule has 0 radical (unpaired) electrons. The van der Waals surface area contributed by atoms with Crippen molar-refractivity contribution >= 4 is 35.1 Å². The van der Waals surface area contributed by atoms with E-state index >= 15 is 0 Å². The number of benzene rings is 1. The quantitative estimate of drug-likeness (QED) is 0.807. The van der Waals surface area contributed by atoms with Gasteiger partial charge in [0.2, 0.25) is 10.2 Å². The lowest BCUT2D eigenvalue weighted by molar-refractivity contribution is -0.140. The maximum Gasteiger partial charge on any atom is 0.341 e. The van der Waals surface area contributed by atoms with Crippen LogP contribution in [0, 0.1) is 0 Å². The molecule has 0 saturated heterocycles. The van der Waals surface area contributed by atoms with Crippen LogP contribution in [0.3, 0.4) is 0 Å². The molecule has 0 spiro atoms. The third-order valence-corrected chi connectivity index (χ3v) is 2.82. The number of rotatable bonds is 4. The standard InChI is InChI=1S/C10H9Cl2NO3/c11-10(12,9(15)16)7(8(13)14)6-4-2-1-3-5-6/h1-5,7H,(H2,13,14)(H,15,16). The van der Waals surface area contributed by atoms with Crippen LogP contribution in [0.1, 0.15) is 11.5 Å². The Morgan fingerprint density at radius 1 is 1.25 bits per heavy atom. The fraction of sp³-hybridized carbons (Fsp3) is 0.200. The number of nitrogens with two attached hydrogens (primary N) is 1. The van der Waals surface area contributed by atoms with Crippen LogP contribution in [0.15, 0.2) is 30.3 Å². The van der Waals surface area contributed by atoms with Crippen LogP contribution in [0.5, 0.6) is 0 Å². The molecule has 0 bridgehead atoms. The Labute approximate surface area is 102 Å². The van der Waals surface area contributed by atoms with Gasteiger partial charge < -0.3 is 10.8 Å². The molecule has 3 N–H and O–H groups in total. The summed E-state index contributed by atoms with van der Waals surface area (Å²) in [7, 11) is 0. The van der Waals surface area contributed by atoms with Crippen molar-refractivity contribution in [3.8, 4) is 0 Å². The summed E-state index contributed by atoms with van der Waals surface area (Å²) in [4.78, 5) is 22.1. The van der Waals surface area contributed by atoms with Crippen LogP contribution in [0.2, 0.25) is 0 Å². The summed E-state index contributed by atoms with van der Waals surface area (Å²) in [5, 5.41) is 8.85. The van der Waals surface area contributed by atoms with Crippen LogP contribution >= 0.6 is 23.2 Å². The first-order valence-corrected chi connectivity index (χ1v) is 5.08. The van der Waals surface area contributed by atoms with E-state index in [-0.39, 0.29) is 0 Å². The number of carbonyl (C=O) groups is 2. The van der Waals surface area contributed by atoms with Gasteiger partial charge in [-0.15, -0.1) is 0 Å². The molecule has 1 rings (SSSR count). The molecule has 0 fully saturated rings. The average Bonchev–Trinajstić information content (AvgIpc) is 2.18. The predicted molar refractivity (Wildman–Crippen MR) is 60.5 cm³/mol. The van der Waals surface area contributed by atoms with Crippen molar-refractivity contribution in [2.45, 2.75) is 10.3 Å². The van der Waals surface area contributed by atoms with E-state index in [4.69, 9.17) is 34.0 Å². The Hall–Kier alpha value is -1.26. The zero-order valence-corrected chi connectivity index (χ0v) is 9.57. The molecule has 1 unspecified atom stereocenters. The number of carbonyl (C=O) groups excluding carboxylic acids is 1. The van der Waals surface area contributed by atoms with Crippen molar-refractivity contribution in [3.05, 3.63) is 35.9 Å². The number of hydrogen-bond donors (Lipinski definition) is 2. The van der Waals surface area contributed by atoms with Crippen molar-refractivity contribution in [1.82, 2.24) is 0 Å². The predicted octanol–water partition coefficient (Wildman–Crippen LogP) is 1.51. The van der Waals surface area contributed by atoms with E-state index in [1.165, 1.54) is 12.1 Å².